The predicted octanol–water partition coefficient (Wildman–Crippen LogP) is 1.51. The van der Waals surface area contributed by atoms with Crippen LogP contribution in [0.4, 0.5) is 0 Å². The van der Waals surface area contributed by atoms with Gasteiger partial charge in [-0.25, -0.2) is 0 Å². The number of rotatable bonds is 3. The Hall–Kier alpha value is 0.310. The molecule has 1 unspecified atom stereocenters. The highest BCUT2D eigenvalue weighted by Gasteiger charge is 2.03. The molecule has 0 aliphatic heterocycles. The van der Waals surface area contributed by atoms with Crippen molar-refractivity contribution in [2.45, 2.75) is 26.1 Å². The molecule has 0 aromatic carbocycles. The van der Waals surface area contributed by atoms with Crippen molar-refractivity contribution < 1.29 is 0 Å². The third kappa shape index (κ3) is 3.33. The lowest BCUT2D eigenvalue weighted by molar-refractivity contribution is 0.529. The fraction of sp³-hybridized carbons (Fsp3) is 1.00. The summed E-state index contributed by atoms with van der Waals surface area (Å²) in [5.41, 5.74) is 0. The maximum Gasteiger partial charge on any atom is 0.0525 e. The monoisotopic (exact) mass is 133 g/mol. The SMILES string of the molecule is CCNC(S)C(C)C. The maximum atomic E-state index is 4.29. The van der Waals surface area contributed by atoms with Gasteiger partial charge in [0.05, 0.1) is 5.37 Å². The van der Waals surface area contributed by atoms with Crippen LogP contribution in [-0.2, 0) is 0 Å². The molecule has 0 aromatic heterocycles. The van der Waals surface area contributed by atoms with Gasteiger partial charge in [0.2, 0.25) is 0 Å². The summed E-state index contributed by atoms with van der Waals surface area (Å²) in [6, 6.07) is 0. The van der Waals surface area contributed by atoms with Crippen LogP contribution in [0.2, 0.25) is 0 Å². The zero-order valence-corrected chi connectivity index (χ0v) is 6.70. The lowest BCUT2D eigenvalue weighted by Crippen LogP contribution is -2.27. The van der Waals surface area contributed by atoms with E-state index in [1.807, 2.05) is 0 Å². The first-order chi connectivity index (χ1) is 3.68. The Bertz CT molecular complexity index is 54.5. The third-order valence-corrected chi connectivity index (χ3v) is 1.82. The average molecular weight is 133 g/mol. The van der Waals surface area contributed by atoms with Crippen LogP contribution >= 0.6 is 12.6 Å². The first-order valence-electron chi connectivity index (χ1n) is 3.10. The van der Waals surface area contributed by atoms with Crippen LogP contribution in [0, 0.1) is 5.92 Å². The summed E-state index contributed by atoms with van der Waals surface area (Å²) in [7, 11) is 0. The molecule has 0 bridgehead atoms. The molecule has 0 heterocycles. The molecule has 0 radical (unpaired) electrons. The minimum absolute atomic E-state index is 0.361. The number of hydrogen-bond donors (Lipinski definition) is 2. The molecule has 0 rings (SSSR count). The second-order valence-corrected chi connectivity index (χ2v) is 2.80. The van der Waals surface area contributed by atoms with E-state index in [0.717, 1.165) is 6.54 Å². The van der Waals surface area contributed by atoms with Gasteiger partial charge in [0.25, 0.3) is 0 Å². The fourth-order valence-electron chi connectivity index (χ4n) is 0.445. The Balaban J connectivity index is 3.17. The quantitative estimate of drug-likeness (QED) is 0.439. The van der Waals surface area contributed by atoms with Crippen molar-refractivity contribution in [3.8, 4) is 0 Å². The smallest absolute Gasteiger partial charge is 0.0525 e. The number of thiol groups is 1. The molecule has 0 fully saturated rings. The van der Waals surface area contributed by atoms with Gasteiger partial charge in [0.15, 0.2) is 0 Å². The van der Waals surface area contributed by atoms with Crippen molar-refractivity contribution in [2.75, 3.05) is 6.54 Å². The van der Waals surface area contributed by atoms with Crippen molar-refractivity contribution >= 4 is 12.6 Å². The summed E-state index contributed by atoms with van der Waals surface area (Å²) in [6.07, 6.45) is 0. The van der Waals surface area contributed by atoms with E-state index in [9.17, 15) is 0 Å². The molecule has 8 heavy (non-hydrogen) atoms. The van der Waals surface area contributed by atoms with Gasteiger partial charge < -0.3 is 5.32 Å². The molecule has 1 nitrogen and oxygen atoms in total. The van der Waals surface area contributed by atoms with Crippen LogP contribution in [0.1, 0.15) is 20.8 Å². The molecule has 1 N–H and O–H groups in total. The summed E-state index contributed by atoms with van der Waals surface area (Å²) in [5.74, 6) is 0.623. The van der Waals surface area contributed by atoms with Crippen molar-refractivity contribution in [1.82, 2.24) is 5.32 Å². The van der Waals surface area contributed by atoms with Crippen molar-refractivity contribution in [2.24, 2.45) is 5.92 Å². The number of nitrogens with one attached hydrogen (secondary N) is 1. The largest absolute Gasteiger partial charge is 0.306 e. The topological polar surface area (TPSA) is 12.0 Å². The highest BCUT2D eigenvalue weighted by molar-refractivity contribution is 7.80. The van der Waals surface area contributed by atoms with Crippen LogP contribution in [0.15, 0.2) is 0 Å². The molecule has 0 aliphatic rings. The highest BCUT2D eigenvalue weighted by atomic mass is 32.1. The van der Waals surface area contributed by atoms with E-state index >= 15 is 0 Å². The van der Waals surface area contributed by atoms with Gasteiger partial charge in [0.1, 0.15) is 0 Å². The normalized spacial score (nSPS) is 14.6. The molecular formula is C6H15NS. The molecule has 0 saturated heterocycles. The van der Waals surface area contributed by atoms with E-state index < -0.39 is 0 Å². The zero-order chi connectivity index (χ0) is 6.57. The van der Waals surface area contributed by atoms with Crippen LogP contribution in [0.25, 0.3) is 0 Å². The summed E-state index contributed by atoms with van der Waals surface area (Å²) in [5, 5.41) is 3.57. The lowest BCUT2D eigenvalue weighted by Gasteiger charge is -2.14. The van der Waals surface area contributed by atoms with Crippen molar-refractivity contribution in [3.63, 3.8) is 0 Å². The second-order valence-electron chi connectivity index (χ2n) is 2.25. The standard InChI is InChI=1S/C6H15NS/c1-4-7-6(8)5(2)3/h5-8H,4H2,1-3H3. The van der Waals surface area contributed by atoms with Gasteiger partial charge in [-0.1, -0.05) is 20.8 Å². The fourth-order valence-corrected chi connectivity index (χ4v) is 0.627. The minimum Gasteiger partial charge on any atom is -0.306 e. The maximum absolute atomic E-state index is 4.29. The van der Waals surface area contributed by atoms with E-state index in [2.05, 4.69) is 38.7 Å². The van der Waals surface area contributed by atoms with E-state index in [1.54, 1.807) is 0 Å². The highest BCUT2D eigenvalue weighted by Crippen LogP contribution is 2.03. The van der Waals surface area contributed by atoms with Gasteiger partial charge in [-0.15, -0.1) is 0 Å². The predicted molar refractivity (Wildman–Crippen MR) is 41.3 cm³/mol. The van der Waals surface area contributed by atoms with E-state index in [-0.39, 0.29) is 0 Å². The lowest BCUT2D eigenvalue weighted by atomic mass is 10.2. The van der Waals surface area contributed by atoms with E-state index in [4.69, 9.17) is 0 Å². The van der Waals surface area contributed by atoms with Crippen LogP contribution in [-0.4, -0.2) is 11.9 Å². The molecule has 0 amide bonds. The van der Waals surface area contributed by atoms with Crippen molar-refractivity contribution in [3.05, 3.63) is 0 Å². The Kier molecular flexibility index (Phi) is 4.38. The average Bonchev–Trinajstić information content (AvgIpc) is 1.67. The van der Waals surface area contributed by atoms with Crippen LogP contribution in [0.5, 0.6) is 0 Å². The number of hydrogen-bond acceptors (Lipinski definition) is 2. The molecule has 1 atom stereocenters. The first-order valence-corrected chi connectivity index (χ1v) is 3.61. The van der Waals surface area contributed by atoms with Gasteiger partial charge in [-0.05, 0) is 12.5 Å². The Morgan fingerprint density at radius 3 is 2.12 bits per heavy atom. The summed E-state index contributed by atoms with van der Waals surface area (Å²) < 4.78 is 0. The zero-order valence-electron chi connectivity index (χ0n) is 5.81. The van der Waals surface area contributed by atoms with Gasteiger partial charge in [-0.2, -0.15) is 12.6 Å². The Morgan fingerprint density at radius 2 is 2.00 bits per heavy atom. The Morgan fingerprint density at radius 1 is 1.50 bits per heavy atom. The van der Waals surface area contributed by atoms with Crippen LogP contribution < -0.4 is 5.32 Å². The molecule has 0 saturated carbocycles. The van der Waals surface area contributed by atoms with Crippen molar-refractivity contribution in [1.29, 1.82) is 0 Å². The van der Waals surface area contributed by atoms with Crippen LogP contribution in [0.3, 0.4) is 0 Å². The van der Waals surface area contributed by atoms with Gasteiger partial charge in [-0.3, -0.25) is 0 Å². The van der Waals surface area contributed by atoms with Gasteiger partial charge in [0, 0.05) is 0 Å². The van der Waals surface area contributed by atoms with Gasteiger partial charge >= 0.3 is 0 Å². The summed E-state index contributed by atoms with van der Waals surface area (Å²) in [6.45, 7) is 7.40. The van der Waals surface area contributed by atoms with E-state index in [1.165, 1.54) is 0 Å². The molecule has 2 heteroatoms. The third-order valence-electron chi connectivity index (χ3n) is 1.04. The molecule has 50 valence electrons. The molecular weight excluding hydrogens is 118 g/mol. The molecule has 0 aliphatic carbocycles. The first kappa shape index (κ1) is 8.31. The summed E-state index contributed by atoms with van der Waals surface area (Å²) in [4.78, 5) is 0. The molecule has 0 spiro atoms. The van der Waals surface area contributed by atoms with E-state index in [0.29, 0.717) is 11.3 Å². The second kappa shape index (κ2) is 4.21. The minimum atomic E-state index is 0.361. The molecule has 0 aromatic rings. The summed E-state index contributed by atoms with van der Waals surface area (Å²) >= 11 is 4.29. The Labute approximate surface area is 57.3 Å².